The van der Waals surface area contributed by atoms with Gasteiger partial charge < -0.3 is 10.3 Å². The maximum absolute atomic E-state index is 11.3. The summed E-state index contributed by atoms with van der Waals surface area (Å²) in [5.74, 6) is -1.17. The van der Waals surface area contributed by atoms with Crippen LogP contribution in [0.4, 0.5) is 0 Å². The number of hydrogen-bond donors (Lipinski definition) is 2. The van der Waals surface area contributed by atoms with E-state index in [1.165, 1.54) is 6.07 Å². The minimum absolute atomic E-state index is 0.153. The largest absolute Gasteiger partial charge is 0.476 e. The number of hydrogen-bond acceptors (Lipinski definition) is 2. The van der Waals surface area contributed by atoms with Crippen molar-refractivity contribution in [3.05, 3.63) is 84.6 Å². The molecular formula is C21H15NO3. The monoisotopic (exact) mass is 329 g/mol. The Labute approximate surface area is 144 Å². The summed E-state index contributed by atoms with van der Waals surface area (Å²) < 4.78 is 0.735. The molecule has 1 heterocycles. The van der Waals surface area contributed by atoms with E-state index in [1.54, 1.807) is 0 Å². The highest BCUT2D eigenvalue weighted by molar-refractivity contribution is 5.99. The van der Waals surface area contributed by atoms with Crippen molar-refractivity contribution in [2.45, 2.75) is 0 Å². The van der Waals surface area contributed by atoms with Gasteiger partial charge in [0.25, 0.3) is 0 Å². The quantitative estimate of drug-likeness (QED) is 0.525. The number of carboxylic acids is 1. The third kappa shape index (κ3) is 2.54. The van der Waals surface area contributed by atoms with Crippen LogP contribution in [0, 0.1) is 0 Å². The predicted octanol–water partition coefficient (Wildman–Crippen LogP) is 4.91. The first kappa shape index (κ1) is 15.0. The summed E-state index contributed by atoms with van der Waals surface area (Å²) in [6.07, 6.45) is 0. The fourth-order valence-electron chi connectivity index (χ4n) is 3.11. The topological polar surface area (TPSA) is 62.5 Å². The first-order chi connectivity index (χ1) is 12.1. The van der Waals surface area contributed by atoms with Gasteiger partial charge in [-0.2, -0.15) is 4.73 Å². The van der Waals surface area contributed by atoms with Crippen LogP contribution in [0.15, 0.2) is 78.9 Å². The molecule has 0 unspecified atom stereocenters. The molecular weight excluding hydrogens is 314 g/mol. The summed E-state index contributed by atoms with van der Waals surface area (Å²) in [5.41, 5.74) is 4.27. The van der Waals surface area contributed by atoms with E-state index in [1.807, 2.05) is 72.8 Å². The lowest BCUT2D eigenvalue weighted by Gasteiger charge is -2.11. The van der Waals surface area contributed by atoms with Gasteiger partial charge in [-0.05, 0) is 40.5 Å². The SMILES string of the molecule is O=C(O)c1cc2cc(-c3ccccc3)c(-c3ccccc3)cc2n1O. The van der Waals surface area contributed by atoms with Crippen LogP contribution in [0.1, 0.15) is 10.5 Å². The zero-order valence-electron chi connectivity index (χ0n) is 13.3. The minimum atomic E-state index is -1.17. The molecule has 0 saturated heterocycles. The van der Waals surface area contributed by atoms with E-state index < -0.39 is 5.97 Å². The van der Waals surface area contributed by atoms with Crippen LogP contribution < -0.4 is 0 Å². The molecule has 0 spiro atoms. The number of carboxylic acid groups (broad SMARTS) is 1. The van der Waals surface area contributed by atoms with Crippen molar-refractivity contribution < 1.29 is 15.1 Å². The number of benzene rings is 3. The van der Waals surface area contributed by atoms with E-state index >= 15 is 0 Å². The fraction of sp³-hybridized carbons (Fsp3) is 0. The van der Waals surface area contributed by atoms with Gasteiger partial charge in [0.15, 0.2) is 5.69 Å². The van der Waals surface area contributed by atoms with Crippen molar-refractivity contribution in [2.24, 2.45) is 0 Å². The van der Waals surface area contributed by atoms with Crippen molar-refractivity contribution in [1.82, 2.24) is 4.73 Å². The van der Waals surface area contributed by atoms with Crippen molar-refractivity contribution >= 4 is 16.9 Å². The van der Waals surface area contributed by atoms with Crippen molar-refractivity contribution in [2.75, 3.05) is 0 Å². The normalized spacial score (nSPS) is 10.9. The third-order valence-electron chi connectivity index (χ3n) is 4.30. The summed E-state index contributed by atoms with van der Waals surface area (Å²) in [7, 11) is 0. The zero-order valence-corrected chi connectivity index (χ0v) is 13.3. The Morgan fingerprint density at radius 1 is 0.760 bits per heavy atom. The van der Waals surface area contributed by atoms with Gasteiger partial charge in [-0.3, -0.25) is 0 Å². The van der Waals surface area contributed by atoms with Crippen molar-refractivity contribution in [1.29, 1.82) is 0 Å². The van der Waals surface area contributed by atoms with Gasteiger partial charge in [-0.15, -0.1) is 0 Å². The first-order valence-electron chi connectivity index (χ1n) is 7.88. The van der Waals surface area contributed by atoms with Gasteiger partial charge in [-0.25, -0.2) is 4.79 Å². The second-order valence-corrected chi connectivity index (χ2v) is 5.84. The number of carbonyl (C=O) groups is 1. The lowest BCUT2D eigenvalue weighted by molar-refractivity contribution is 0.0649. The smallest absolute Gasteiger partial charge is 0.356 e. The van der Waals surface area contributed by atoms with Crippen LogP contribution in [-0.4, -0.2) is 21.0 Å². The van der Waals surface area contributed by atoms with E-state index in [0.717, 1.165) is 27.0 Å². The van der Waals surface area contributed by atoms with E-state index in [0.29, 0.717) is 10.9 Å². The molecule has 0 aliphatic rings. The Bertz CT molecular complexity index is 1070. The van der Waals surface area contributed by atoms with Gasteiger partial charge in [0.1, 0.15) is 0 Å². The Balaban J connectivity index is 2.06. The molecule has 0 aliphatic heterocycles. The number of fused-ring (bicyclic) bond motifs is 1. The molecule has 4 heteroatoms. The molecule has 4 aromatic rings. The maximum Gasteiger partial charge on any atom is 0.356 e. The Morgan fingerprint density at radius 2 is 1.28 bits per heavy atom. The van der Waals surface area contributed by atoms with Gasteiger partial charge >= 0.3 is 5.97 Å². The standard InChI is InChI=1S/C21H15NO3/c23-21(24)20-12-16-11-17(14-7-3-1-4-8-14)18(13-19(16)22(20)25)15-9-5-2-6-10-15/h1-13,25H,(H,23,24). The van der Waals surface area contributed by atoms with Gasteiger partial charge in [0.05, 0.1) is 5.52 Å². The van der Waals surface area contributed by atoms with E-state index in [9.17, 15) is 15.1 Å². The Kier molecular flexibility index (Phi) is 3.51. The number of aromatic carboxylic acids is 1. The van der Waals surface area contributed by atoms with Crippen molar-refractivity contribution in [3.8, 4) is 22.3 Å². The highest BCUT2D eigenvalue weighted by Gasteiger charge is 2.17. The summed E-state index contributed by atoms with van der Waals surface area (Å²) in [4.78, 5) is 11.3. The molecule has 0 fully saturated rings. The van der Waals surface area contributed by atoms with Gasteiger partial charge in [-0.1, -0.05) is 60.7 Å². The molecule has 0 aliphatic carbocycles. The number of aromatic nitrogens is 1. The molecule has 0 radical (unpaired) electrons. The first-order valence-corrected chi connectivity index (χ1v) is 7.88. The van der Waals surface area contributed by atoms with Crippen LogP contribution in [0.3, 0.4) is 0 Å². The zero-order chi connectivity index (χ0) is 17.4. The van der Waals surface area contributed by atoms with E-state index in [-0.39, 0.29) is 5.69 Å². The van der Waals surface area contributed by atoms with E-state index in [4.69, 9.17) is 0 Å². The minimum Gasteiger partial charge on any atom is -0.476 e. The number of rotatable bonds is 3. The third-order valence-corrected chi connectivity index (χ3v) is 4.30. The van der Waals surface area contributed by atoms with Crippen LogP contribution in [0.5, 0.6) is 0 Å². The summed E-state index contributed by atoms with van der Waals surface area (Å²) in [5, 5.41) is 20.2. The lowest BCUT2D eigenvalue weighted by atomic mass is 9.93. The molecule has 1 aromatic heterocycles. The highest BCUT2D eigenvalue weighted by atomic mass is 16.5. The van der Waals surface area contributed by atoms with E-state index in [2.05, 4.69) is 0 Å². The second-order valence-electron chi connectivity index (χ2n) is 5.84. The summed E-state index contributed by atoms with van der Waals surface area (Å²) in [6, 6.07) is 25.0. The average molecular weight is 329 g/mol. The summed E-state index contributed by atoms with van der Waals surface area (Å²) >= 11 is 0. The molecule has 0 bridgehead atoms. The maximum atomic E-state index is 11.3. The molecule has 4 nitrogen and oxygen atoms in total. The molecule has 0 saturated carbocycles. The average Bonchev–Trinajstić information content (AvgIpc) is 2.98. The Hall–Kier alpha value is -3.53. The lowest BCUT2D eigenvalue weighted by Crippen LogP contribution is -2.04. The summed E-state index contributed by atoms with van der Waals surface area (Å²) in [6.45, 7) is 0. The molecule has 4 rings (SSSR count). The predicted molar refractivity (Wildman–Crippen MR) is 97.0 cm³/mol. The van der Waals surface area contributed by atoms with Crippen LogP contribution in [0.25, 0.3) is 33.2 Å². The number of nitrogens with zero attached hydrogens (tertiary/aromatic N) is 1. The molecule has 122 valence electrons. The molecule has 3 aromatic carbocycles. The van der Waals surface area contributed by atoms with Gasteiger partial charge in [0.2, 0.25) is 0 Å². The van der Waals surface area contributed by atoms with Gasteiger partial charge in [0, 0.05) is 5.39 Å². The van der Waals surface area contributed by atoms with Crippen LogP contribution >= 0.6 is 0 Å². The Morgan fingerprint density at radius 3 is 1.80 bits per heavy atom. The van der Waals surface area contributed by atoms with Crippen molar-refractivity contribution in [3.63, 3.8) is 0 Å². The highest BCUT2D eigenvalue weighted by Crippen LogP contribution is 2.36. The fourth-order valence-corrected chi connectivity index (χ4v) is 3.11. The molecule has 25 heavy (non-hydrogen) atoms. The van der Waals surface area contributed by atoms with Crippen LogP contribution in [-0.2, 0) is 0 Å². The molecule has 2 N–H and O–H groups in total. The van der Waals surface area contributed by atoms with Crippen LogP contribution in [0.2, 0.25) is 0 Å². The molecule has 0 amide bonds. The second kappa shape index (κ2) is 5.83. The molecule has 0 atom stereocenters.